The Balaban J connectivity index is 1.36. The molecule has 34 heavy (non-hydrogen) atoms. The Morgan fingerprint density at radius 1 is 1.12 bits per heavy atom. The third-order valence-electron chi connectivity index (χ3n) is 7.46. The van der Waals surface area contributed by atoms with Gasteiger partial charge in [-0.25, -0.2) is 0 Å². The summed E-state index contributed by atoms with van der Waals surface area (Å²) in [7, 11) is 1.75. The van der Waals surface area contributed by atoms with Gasteiger partial charge in [0.1, 0.15) is 0 Å². The van der Waals surface area contributed by atoms with Crippen LogP contribution in [0.15, 0.2) is 30.7 Å². The van der Waals surface area contributed by atoms with Crippen molar-refractivity contribution < 1.29 is 9.47 Å². The van der Waals surface area contributed by atoms with Crippen LogP contribution in [0.5, 0.6) is 0 Å². The van der Waals surface area contributed by atoms with Crippen molar-refractivity contribution in [1.29, 1.82) is 0 Å². The number of nitrogens with one attached hydrogen (secondary N) is 2. The molecule has 1 saturated carbocycles. The van der Waals surface area contributed by atoms with Crippen LogP contribution in [0, 0.1) is 11.3 Å². The van der Waals surface area contributed by atoms with Crippen LogP contribution in [0.1, 0.15) is 51.1 Å². The maximum Gasteiger partial charge on any atom is 0.0668 e. The third kappa shape index (κ3) is 7.14. The highest BCUT2D eigenvalue weighted by Crippen LogP contribution is 2.33. The van der Waals surface area contributed by atoms with Crippen LogP contribution in [-0.4, -0.2) is 56.0 Å². The fourth-order valence-electron chi connectivity index (χ4n) is 5.09. The van der Waals surface area contributed by atoms with Gasteiger partial charge in [-0.05, 0) is 68.4 Å². The predicted molar refractivity (Wildman–Crippen MR) is 138 cm³/mol. The molecule has 0 amide bonds. The first-order valence-corrected chi connectivity index (χ1v) is 13.1. The monoisotopic (exact) mass is 486 g/mol. The number of aromatic nitrogens is 2. The molecule has 0 spiro atoms. The van der Waals surface area contributed by atoms with Crippen molar-refractivity contribution in [2.24, 2.45) is 11.3 Å². The van der Waals surface area contributed by atoms with Gasteiger partial charge < -0.3 is 20.1 Å². The second-order valence-corrected chi connectivity index (χ2v) is 10.7. The zero-order valence-electron chi connectivity index (χ0n) is 20.6. The maximum atomic E-state index is 6.58. The lowest BCUT2D eigenvalue weighted by Crippen LogP contribution is -2.35. The zero-order chi connectivity index (χ0) is 23.8. The second-order valence-electron chi connectivity index (χ2n) is 10.3. The number of methoxy groups -OCH3 is 1. The quantitative estimate of drug-likeness (QED) is 0.440. The van der Waals surface area contributed by atoms with E-state index >= 15 is 0 Å². The fraction of sp³-hybridized carbons (Fsp3) is 0.630. The van der Waals surface area contributed by atoms with Crippen molar-refractivity contribution in [2.45, 2.75) is 57.9 Å². The van der Waals surface area contributed by atoms with Crippen molar-refractivity contribution in [3.63, 3.8) is 0 Å². The van der Waals surface area contributed by atoms with E-state index in [1.54, 1.807) is 13.3 Å². The summed E-state index contributed by atoms with van der Waals surface area (Å²) in [5.74, 6) is 0.674. The summed E-state index contributed by atoms with van der Waals surface area (Å²) < 4.78 is 10.7. The van der Waals surface area contributed by atoms with Crippen LogP contribution in [0.3, 0.4) is 0 Å². The lowest BCUT2D eigenvalue weighted by molar-refractivity contribution is 0.0300. The minimum atomic E-state index is 0.258. The lowest BCUT2D eigenvalue weighted by atomic mass is 9.82. The summed E-state index contributed by atoms with van der Waals surface area (Å²) in [4.78, 5) is 9.15. The van der Waals surface area contributed by atoms with Crippen LogP contribution >= 0.6 is 11.6 Å². The molecule has 2 fully saturated rings. The molecule has 0 radical (unpaired) electrons. The van der Waals surface area contributed by atoms with Crippen LogP contribution in [0.25, 0.3) is 11.1 Å². The molecule has 2 aliphatic rings. The molecule has 6 nitrogen and oxygen atoms in total. The average molecular weight is 487 g/mol. The topological polar surface area (TPSA) is 68.3 Å². The Morgan fingerprint density at radius 3 is 2.68 bits per heavy atom. The molecule has 4 rings (SSSR count). The number of nitrogens with zero attached hydrogens (tertiary/aromatic N) is 2. The summed E-state index contributed by atoms with van der Waals surface area (Å²) >= 11 is 6.58. The highest BCUT2D eigenvalue weighted by molar-refractivity contribution is 6.33. The molecule has 3 heterocycles. The van der Waals surface area contributed by atoms with Crippen molar-refractivity contribution in [3.8, 4) is 11.1 Å². The van der Waals surface area contributed by atoms with E-state index in [0.29, 0.717) is 17.0 Å². The first-order chi connectivity index (χ1) is 16.5. The molecule has 186 valence electrons. The van der Waals surface area contributed by atoms with Gasteiger partial charge >= 0.3 is 0 Å². The fourth-order valence-corrected chi connectivity index (χ4v) is 5.30. The Labute approximate surface area is 209 Å². The maximum absolute atomic E-state index is 6.58. The highest BCUT2D eigenvalue weighted by atomic mass is 35.5. The number of halogens is 1. The summed E-state index contributed by atoms with van der Waals surface area (Å²) in [6.07, 6.45) is 13.6. The molecular weight excluding hydrogens is 448 g/mol. The molecule has 0 bridgehead atoms. The van der Waals surface area contributed by atoms with E-state index in [1.165, 1.54) is 25.7 Å². The van der Waals surface area contributed by atoms with E-state index in [-0.39, 0.29) is 5.41 Å². The van der Waals surface area contributed by atoms with Crippen molar-refractivity contribution >= 4 is 17.3 Å². The molecule has 2 aromatic rings. The second kappa shape index (κ2) is 12.3. The molecule has 2 aromatic heterocycles. The third-order valence-corrected chi connectivity index (χ3v) is 7.77. The number of ether oxygens (including phenoxy) is 2. The summed E-state index contributed by atoms with van der Waals surface area (Å²) in [5.41, 5.74) is 4.44. The number of hydrogen-bond donors (Lipinski definition) is 2. The summed E-state index contributed by atoms with van der Waals surface area (Å²) in [6.45, 7) is 6.64. The van der Waals surface area contributed by atoms with Crippen LogP contribution in [0.4, 0.5) is 5.69 Å². The van der Waals surface area contributed by atoms with Crippen LogP contribution in [0.2, 0.25) is 5.02 Å². The molecule has 1 saturated heterocycles. The van der Waals surface area contributed by atoms with Gasteiger partial charge in [0.25, 0.3) is 0 Å². The molecule has 2 N–H and O–H groups in total. The summed E-state index contributed by atoms with van der Waals surface area (Å²) in [5, 5.41) is 7.87. The Hall–Kier alpha value is -1.73. The van der Waals surface area contributed by atoms with Gasteiger partial charge in [0, 0.05) is 74.9 Å². The highest BCUT2D eigenvalue weighted by Gasteiger charge is 2.27. The molecule has 0 aromatic carbocycles. The standard InChI is InChI=1S/C27H39ClN4O2/c1-27(7-10-34-11-8-27)19-32-24-14-21(16-29-17-24)25-15-23(31-18-26(25)28)13-20-3-5-22(6-4-20)30-9-12-33-2/h14-18,20,22,30,32H,3-13,19H2,1-2H3. The van der Waals surface area contributed by atoms with Gasteiger partial charge in [0.15, 0.2) is 0 Å². The van der Waals surface area contributed by atoms with Crippen molar-refractivity contribution in [1.82, 2.24) is 15.3 Å². The molecule has 1 aliphatic carbocycles. The molecular formula is C27H39ClN4O2. The lowest BCUT2D eigenvalue weighted by Gasteiger charge is -2.33. The zero-order valence-corrected chi connectivity index (χ0v) is 21.4. The number of anilines is 1. The molecule has 7 heteroatoms. The largest absolute Gasteiger partial charge is 0.383 e. The van der Waals surface area contributed by atoms with E-state index in [2.05, 4.69) is 39.7 Å². The van der Waals surface area contributed by atoms with Gasteiger partial charge in [-0.2, -0.15) is 0 Å². The minimum absolute atomic E-state index is 0.258. The first-order valence-electron chi connectivity index (χ1n) is 12.7. The van der Waals surface area contributed by atoms with E-state index in [4.69, 9.17) is 21.1 Å². The van der Waals surface area contributed by atoms with Gasteiger partial charge in [-0.15, -0.1) is 0 Å². The van der Waals surface area contributed by atoms with Crippen LogP contribution < -0.4 is 10.6 Å². The number of rotatable bonds is 10. The Kier molecular flexibility index (Phi) is 9.17. The van der Waals surface area contributed by atoms with E-state index in [0.717, 1.165) is 74.7 Å². The van der Waals surface area contributed by atoms with Gasteiger partial charge in [-0.3, -0.25) is 9.97 Å². The van der Waals surface area contributed by atoms with E-state index < -0.39 is 0 Å². The Morgan fingerprint density at radius 2 is 1.91 bits per heavy atom. The van der Waals surface area contributed by atoms with E-state index in [1.807, 2.05) is 12.4 Å². The van der Waals surface area contributed by atoms with E-state index in [9.17, 15) is 0 Å². The molecule has 0 unspecified atom stereocenters. The van der Waals surface area contributed by atoms with Gasteiger partial charge in [0.05, 0.1) is 17.3 Å². The number of pyridine rings is 2. The minimum Gasteiger partial charge on any atom is -0.383 e. The van der Waals surface area contributed by atoms with Crippen molar-refractivity contribution in [2.75, 3.05) is 45.3 Å². The van der Waals surface area contributed by atoms with Crippen molar-refractivity contribution in [3.05, 3.63) is 41.4 Å². The Bertz CT molecular complexity index is 911. The van der Waals surface area contributed by atoms with Gasteiger partial charge in [0.2, 0.25) is 0 Å². The SMILES string of the molecule is COCCNC1CCC(Cc2cc(-c3cncc(NCC4(C)CCOCC4)c3)c(Cl)cn2)CC1. The first kappa shape index (κ1) is 25.4. The van der Waals surface area contributed by atoms with Gasteiger partial charge in [-0.1, -0.05) is 18.5 Å². The molecule has 0 atom stereocenters. The predicted octanol–water partition coefficient (Wildman–Crippen LogP) is 5.36. The normalized spacial score (nSPS) is 22.4. The molecule has 1 aliphatic heterocycles. The average Bonchev–Trinajstić information content (AvgIpc) is 2.86. The smallest absolute Gasteiger partial charge is 0.0668 e. The number of hydrogen-bond acceptors (Lipinski definition) is 6. The van der Waals surface area contributed by atoms with Crippen LogP contribution in [-0.2, 0) is 15.9 Å². The summed E-state index contributed by atoms with van der Waals surface area (Å²) in [6, 6.07) is 4.92.